The van der Waals surface area contributed by atoms with Gasteiger partial charge in [-0.15, -0.1) is 0 Å². The van der Waals surface area contributed by atoms with Crippen LogP contribution >= 0.6 is 23.2 Å². The van der Waals surface area contributed by atoms with E-state index in [1.807, 2.05) is 4.72 Å². The van der Waals surface area contributed by atoms with Gasteiger partial charge in [-0.3, -0.25) is 9.78 Å². The number of hydrogen-bond donors (Lipinski definition) is 3. The Bertz CT molecular complexity index is 884. The number of halogens is 2. The minimum Gasteiger partial charge on any atom is -0.390 e. The van der Waals surface area contributed by atoms with Crippen LogP contribution in [0, 0.1) is 0 Å². The quantitative estimate of drug-likeness (QED) is 0.589. The average Bonchev–Trinajstić information content (AvgIpc) is 2.60. The van der Waals surface area contributed by atoms with Gasteiger partial charge in [-0.2, -0.15) is 0 Å². The number of nitrogens with one attached hydrogen (secondary N) is 1. The van der Waals surface area contributed by atoms with Crippen molar-refractivity contribution in [1.82, 2.24) is 9.71 Å². The number of benzene rings is 1. The van der Waals surface area contributed by atoms with E-state index in [0.717, 1.165) is 0 Å². The lowest BCUT2D eigenvalue weighted by Crippen LogP contribution is -2.32. The van der Waals surface area contributed by atoms with Gasteiger partial charge >= 0.3 is 0 Å². The fourth-order valence-corrected chi connectivity index (χ4v) is 3.90. The second-order valence-corrected chi connectivity index (χ2v) is 8.52. The third-order valence-corrected chi connectivity index (χ3v) is 5.42. The van der Waals surface area contributed by atoms with E-state index in [9.17, 15) is 18.3 Å². The van der Waals surface area contributed by atoms with Crippen LogP contribution in [0.2, 0.25) is 10.0 Å². The summed E-state index contributed by atoms with van der Waals surface area (Å²) in [6, 6.07) is 7.43. The molecule has 0 spiro atoms. The minimum absolute atomic E-state index is 0.0596. The molecule has 0 aliphatic rings. The Morgan fingerprint density at radius 3 is 2.41 bits per heavy atom. The molecule has 0 aliphatic carbocycles. The van der Waals surface area contributed by atoms with Crippen LogP contribution in [0.5, 0.6) is 0 Å². The summed E-state index contributed by atoms with van der Waals surface area (Å²) in [6.07, 6.45) is 0.527. The van der Waals surface area contributed by atoms with Gasteiger partial charge in [0.25, 0.3) is 5.91 Å². The smallest absolute Gasteiger partial charge is 0.266 e. The molecule has 10 heteroatoms. The lowest BCUT2D eigenvalue weighted by Gasteiger charge is -2.12. The van der Waals surface area contributed by atoms with Crippen molar-refractivity contribution >= 4 is 39.1 Å². The zero-order valence-electron chi connectivity index (χ0n) is 14.1. The molecule has 7 nitrogen and oxygen atoms in total. The van der Waals surface area contributed by atoms with Crippen LogP contribution in [-0.2, 0) is 16.6 Å². The monoisotopic (exact) mass is 432 g/mol. The van der Waals surface area contributed by atoms with Gasteiger partial charge in [0.1, 0.15) is 0 Å². The van der Waals surface area contributed by atoms with Crippen molar-refractivity contribution in [3.63, 3.8) is 0 Å². The summed E-state index contributed by atoms with van der Waals surface area (Å²) in [6.45, 7) is -0.277. The highest BCUT2D eigenvalue weighted by Gasteiger charge is 2.18. The Morgan fingerprint density at radius 1 is 1.19 bits per heavy atom. The highest BCUT2D eigenvalue weighted by atomic mass is 35.5. The van der Waals surface area contributed by atoms with E-state index in [2.05, 4.69) is 4.98 Å². The molecule has 1 amide bonds. The maximum absolute atomic E-state index is 12.0. The number of carbonyl (C=O) groups excluding carboxylic acids is 1. The Hall–Kier alpha value is -1.71. The van der Waals surface area contributed by atoms with Crippen LogP contribution in [-0.4, -0.2) is 35.3 Å². The van der Waals surface area contributed by atoms with E-state index >= 15 is 0 Å². The molecule has 3 N–H and O–H groups in total. The molecule has 0 bridgehead atoms. The van der Waals surface area contributed by atoms with Crippen molar-refractivity contribution < 1.29 is 23.4 Å². The van der Waals surface area contributed by atoms with Crippen molar-refractivity contribution in [1.29, 1.82) is 0 Å². The fourth-order valence-electron chi connectivity index (χ4n) is 2.30. The van der Waals surface area contributed by atoms with E-state index in [4.69, 9.17) is 28.3 Å². The first kappa shape index (κ1) is 21.6. The van der Waals surface area contributed by atoms with Gasteiger partial charge in [-0.1, -0.05) is 23.2 Å². The molecule has 0 fully saturated rings. The fraction of sp³-hybridized carbons (Fsp3) is 0.294. The van der Waals surface area contributed by atoms with Crippen LogP contribution in [0.1, 0.15) is 40.6 Å². The molecule has 0 saturated heterocycles. The number of aliphatic hydroxyl groups is 2. The van der Waals surface area contributed by atoms with Crippen molar-refractivity contribution in [3.8, 4) is 0 Å². The Kier molecular flexibility index (Phi) is 7.58. The molecule has 1 aromatic heterocycles. The predicted molar refractivity (Wildman–Crippen MR) is 102 cm³/mol. The number of sulfonamides is 1. The number of amides is 1. The Morgan fingerprint density at radius 2 is 1.85 bits per heavy atom. The normalized spacial score (nSPS) is 12.6. The molecular weight excluding hydrogens is 415 g/mol. The van der Waals surface area contributed by atoms with E-state index in [1.165, 1.54) is 24.4 Å². The van der Waals surface area contributed by atoms with Gasteiger partial charge in [-0.25, -0.2) is 13.1 Å². The van der Waals surface area contributed by atoms with Crippen LogP contribution in [0.3, 0.4) is 0 Å². The second-order valence-electron chi connectivity index (χ2n) is 5.81. The average molecular weight is 433 g/mol. The van der Waals surface area contributed by atoms with Crippen LogP contribution in [0.15, 0.2) is 36.5 Å². The number of aliphatic hydroxyl groups excluding tert-OH is 2. The van der Waals surface area contributed by atoms with Crippen molar-refractivity contribution in [2.24, 2.45) is 0 Å². The molecule has 1 aromatic carbocycles. The van der Waals surface area contributed by atoms with Crippen LogP contribution in [0.25, 0.3) is 0 Å². The molecule has 27 heavy (non-hydrogen) atoms. The van der Waals surface area contributed by atoms with Gasteiger partial charge in [0.2, 0.25) is 10.0 Å². The highest BCUT2D eigenvalue weighted by molar-refractivity contribution is 7.90. The molecular formula is C17H18Cl2N2O5S. The maximum Gasteiger partial charge on any atom is 0.266 e. The van der Waals surface area contributed by atoms with E-state index in [0.29, 0.717) is 21.3 Å². The number of pyridine rings is 1. The first-order valence-electron chi connectivity index (χ1n) is 7.95. The number of rotatable bonds is 8. The summed E-state index contributed by atoms with van der Waals surface area (Å²) >= 11 is 11.8. The third kappa shape index (κ3) is 6.75. The van der Waals surface area contributed by atoms with Gasteiger partial charge in [-0.05, 0) is 48.7 Å². The number of nitrogens with zero attached hydrogens (tertiary/aromatic N) is 1. The molecule has 1 heterocycles. The topological polar surface area (TPSA) is 117 Å². The molecule has 1 atom stereocenters. The van der Waals surface area contributed by atoms with Gasteiger partial charge in [0, 0.05) is 16.2 Å². The summed E-state index contributed by atoms with van der Waals surface area (Å²) in [5, 5.41) is 19.8. The van der Waals surface area contributed by atoms with E-state index in [-0.39, 0.29) is 30.8 Å². The van der Waals surface area contributed by atoms with E-state index in [1.54, 1.807) is 12.1 Å². The molecule has 0 saturated carbocycles. The lowest BCUT2D eigenvalue weighted by molar-refractivity contribution is 0.0981. The first-order chi connectivity index (χ1) is 12.7. The van der Waals surface area contributed by atoms with Gasteiger partial charge < -0.3 is 10.2 Å². The predicted octanol–water partition coefficient (Wildman–Crippen LogP) is 2.45. The van der Waals surface area contributed by atoms with Crippen molar-refractivity contribution in [2.45, 2.75) is 25.6 Å². The largest absolute Gasteiger partial charge is 0.390 e. The molecule has 0 aliphatic heterocycles. The van der Waals surface area contributed by atoms with Gasteiger partial charge in [0.05, 0.1) is 29.7 Å². The number of hydrogen-bond acceptors (Lipinski definition) is 6. The Balaban J connectivity index is 1.89. The summed E-state index contributed by atoms with van der Waals surface area (Å²) in [7, 11) is -3.88. The first-order valence-corrected chi connectivity index (χ1v) is 10.4. The number of aromatic nitrogens is 1. The third-order valence-electron chi connectivity index (χ3n) is 3.66. The lowest BCUT2D eigenvalue weighted by atomic mass is 10.1. The zero-order valence-corrected chi connectivity index (χ0v) is 16.4. The molecule has 0 radical (unpaired) electrons. The SMILES string of the molecule is O=C(NS(=O)(=O)CCCC(O)c1cc(Cl)cc(Cl)c1)c1ccc(CO)nc1. The molecule has 1 unspecified atom stereocenters. The van der Waals surface area contributed by atoms with E-state index < -0.39 is 22.0 Å². The number of carbonyl (C=O) groups is 1. The molecule has 2 aromatic rings. The van der Waals surface area contributed by atoms with Crippen molar-refractivity contribution in [2.75, 3.05) is 5.75 Å². The zero-order chi connectivity index (χ0) is 20.0. The summed E-state index contributed by atoms with van der Waals surface area (Å²) in [4.78, 5) is 15.8. The maximum atomic E-state index is 12.0. The Labute approximate surface area is 167 Å². The standard InChI is InChI=1S/C17H18Cl2N2O5S/c18-13-6-12(7-14(19)8-13)16(23)2-1-5-27(25,26)21-17(24)11-3-4-15(10-22)20-9-11/h3-4,6-9,16,22-23H,1-2,5,10H2,(H,21,24). The van der Waals surface area contributed by atoms with Crippen LogP contribution in [0.4, 0.5) is 0 Å². The summed E-state index contributed by atoms with van der Waals surface area (Å²) < 4.78 is 26.0. The molecule has 146 valence electrons. The second kappa shape index (κ2) is 9.48. The molecule has 2 rings (SSSR count). The summed E-state index contributed by atoms with van der Waals surface area (Å²) in [5.41, 5.74) is 0.915. The van der Waals surface area contributed by atoms with Crippen molar-refractivity contribution in [3.05, 3.63) is 63.4 Å². The highest BCUT2D eigenvalue weighted by Crippen LogP contribution is 2.26. The minimum atomic E-state index is -3.88. The van der Waals surface area contributed by atoms with Crippen LogP contribution < -0.4 is 4.72 Å². The summed E-state index contributed by atoms with van der Waals surface area (Å²) in [5.74, 6) is -1.15. The van der Waals surface area contributed by atoms with Gasteiger partial charge in [0.15, 0.2) is 0 Å².